The van der Waals surface area contributed by atoms with Crippen LogP contribution in [0.25, 0.3) is 0 Å². The number of rotatable bonds is 5. The molecule has 0 unspecified atom stereocenters. The Morgan fingerprint density at radius 2 is 2.11 bits per heavy atom. The number of benzene rings is 1. The predicted octanol–water partition coefficient (Wildman–Crippen LogP) is 3.06. The van der Waals surface area contributed by atoms with Gasteiger partial charge in [0.1, 0.15) is 5.75 Å². The SMILES string of the molecule is Cc1ccc(OCCc2ccccn2)c([C@H](C)O)c1. The maximum atomic E-state index is 9.75. The number of ether oxygens (including phenoxy) is 1. The quantitative estimate of drug-likeness (QED) is 0.895. The minimum atomic E-state index is -0.523. The molecule has 0 radical (unpaired) electrons. The fourth-order valence-corrected chi connectivity index (χ4v) is 1.94. The minimum Gasteiger partial charge on any atom is -0.493 e. The second-order valence-electron chi connectivity index (χ2n) is 4.64. The molecule has 19 heavy (non-hydrogen) atoms. The lowest BCUT2D eigenvalue weighted by molar-refractivity contribution is 0.191. The van der Waals surface area contributed by atoms with Gasteiger partial charge in [0.05, 0.1) is 12.7 Å². The summed E-state index contributed by atoms with van der Waals surface area (Å²) in [5.74, 6) is 0.747. The van der Waals surface area contributed by atoms with Gasteiger partial charge < -0.3 is 9.84 Å². The van der Waals surface area contributed by atoms with Crippen molar-refractivity contribution >= 4 is 0 Å². The van der Waals surface area contributed by atoms with Gasteiger partial charge in [-0.2, -0.15) is 0 Å². The summed E-state index contributed by atoms with van der Waals surface area (Å²) in [6.45, 7) is 4.31. The predicted molar refractivity (Wildman–Crippen MR) is 75.2 cm³/mol. The Kier molecular flexibility index (Phi) is 4.53. The van der Waals surface area contributed by atoms with Crippen LogP contribution < -0.4 is 4.74 Å². The molecule has 2 rings (SSSR count). The summed E-state index contributed by atoms with van der Waals surface area (Å²) in [5.41, 5.74) is 2.96. The highest BCUT2D eigenvalue weighted by Gasteiger charge is 2.09. The van der Waals surface area contributed by atoms with E-state index < -0.39 is 6.10 Å². The highest BCUT2D eigenvalue weighted by Crippen LogP contribution is 2.26. The smallest absolute Gasteiger partial charge is 0.125 e. The van der Waals surface area contributed by atoms with Gasteiger partial charge in [0, 0.05) is 23.9 Å². The van der Waals surface area contributed by atoms with E-state index in [1.807, 2.05) is 43.3 Å². The average molecular weight is 257 g/mol. The lowest BCUT2D eigenvalue weighted by Gasteiger charge is -2.14. The highest BCUT2D eigenvalue weighted by atomic mass is 16.5. The summed E-state index contributed by atoms with van der Waals surface area (Å²) in [5, 5.41) is 9.75. The van der Waals surface area contributed by atoms with Gasteiger partial charge in [0.15, 0.2) is 0 Å². The van der Waals surface area contributed by atoms with Gasteiger partial charge in [-0.3, -0.25) is 4.98 Å². The Morgan fingerprint density at radius 1 is 1.26 bits per heavy atom. The molecule has 1 heterocycles. The molecule has 0 aliphatic heterocycles. The number of aliphatic hydroxyl groups is 1. The molecule has 0 aliphatic carbocycles. The Labute approximate surface area is 113 Å². The van der Waals surface area contributed by atoms with Crippen molar-refractivity contribution in [3.05, 3.63) is 59.4 Å². The fourth-order valence-electron chi connectivity index (χ4n) is 1.94. The molecular weight excluding hydrogens is 238 g/mol. The molecule has 0 saturated carbocycles. The van der Waals surface area contributed by atoms with Crippen molar-refractivity contribution in [1.82, 2.24) is 4.98 Å². The van der Waals surface area contributed by atoms with Crippen molar-refractivity contribution < 1.29 is 9.84 Å². The van der Waals surface area contributed by atoms with Crippen LogP contribution in [-0.2, 0) is 6.42 Å². The maximum absolute atomic E-state index is 9.75. The lowest BCUT2D eigenvalue weighted by Crippen LogP contribution is -2.05. The second kappa shape index (κ2) is 6.34. The molecule has 1 aromatic carbocycles. The summed E-state index contributed by atoms with van der Waals surface area (Å²) >= 11 is 0. The molecule has 0 saturated heterocycles. The lowest BCUT2D eigenvalue weighted by atomic mass is 10.1. The van der Waals surface area contributed by atoms with Crippen LogP contribution in [0.4, 0.5) is 0 Å². The molecular formula is C16H19NO2. The summed E-state index contributed by atoms with van der Waals surface area (Å²) < 4.78 is 5.76. The van der Waals surface area contributed by atoms with Crippen LogP contribution in [0.15, 0.2) is 42.6 Å². The molecule has 1 N–H and O–H groups in total. The average Bonchev–Trinajstić information content (AvgIpc) is 2.41. The normalized spacial score (nSPS) is 12.2. The number of hydrogen-bond donors (Lipinski definition) is 1. The van der Waals surface area contributed by atoms with Crippen LogP contribution in [-0.4, -0.2) is 16.7 Å². The van der Waals surface area contributed by atoms with E-state index in [0.717, 1.165) is 29.0 Å². The zero-order valence-electron chi connectivity index (χ0n) is 11.3. The largest absolute Gasteiger partial charge is 0.493 e. The van der Waals surface area contributed by atoms with Gasteiger partial charge in [0.2, 0.25) is 0 Å². The Bertz CT molecular complexity index is 524. The zero-order valence-corrected chi connectivity index (χ0v) is 11.3. The number of nitrogens with zero attached hydrogens (tertiary/aromatic N) is 1. The molecule has 0 bridgehead atoms. The number of aryl methyl sites for hydroxylation is 1. The number of pyridine rings is 1. The van der Waals surface area contributed by atoms with Crippen LogP contribution >= 0.6 is 0 Å². The molecule has 1 atom stereocenters. The van der Waals surface area contributed by atoms with Crippen molar-refractivity contribution in [2.45, 2.75) is 26.4 Å². The van der Waals surface area contributed by atoms with E-state index in [4.69, 9.17) is 4.74 Å². The Morgan fingerprint density at radius 3 is 2.79 bits per heavy atom. The third-order valence-electron chi connectivity index (χ3n) is 2.96. The summed E-state index contributed by atoms with van der Waals surface area (Å²) in [6.07, 6.45) is 2.01. The van der Waals surface area contributed by atoms with E-state index in [0.29, 0.717) is 6.61 Å². The van der Waals surface area contributed by atoms with Crippen molar-refractivity contribution in [2.75, 3.05) is 6.61 Å². The molecule has 1 aromatic heterocycles. The fraction of sp³-hybridized carbons (Fsp3) is 0.312. The van der Waals surface area contributed by atoms with Crippen LogP contribution in [0.2, 0.25) is 0 Å². The molecule has 100 valence electrons. The summed E-state index contributed by atoms with van der Waals surface area (Å²) in [4.78, 5) is 4.25. The first-order valence-electron chi connectivity index (χ1n) is 6.48. The molecule has 0 fully saturated rings. The summed E-state index contributed by atoms with van der Waals surface area (Å²) in [7, 11) is 0. The standard InChI is InChI=1S/C16H19NO2/c1-12-6-7-16(15(11-12)13(2)18)19-10-8-14-5-3-4-9-17-14/h3-7,9,11,13,18H,8,10H2,1-2H3/t13-/m0/s1. The molecule has 3 heteroatoms. The maximum Gasteiger partial charge on any atom is 0.125 e. The number of aromatic nitrogens is 1. The molecule has 2 aromatic rings. The molecule has 0 spiro atoms. The van der Waals surface area contributed by atoms with Crippen molar-refractivity contribution in [3.63, 3.8) is 0 Å². The van der Waals surface area contributed by atoms with Crippen LogP contribution in [0.5, 0.6) is 5.75 Å². The molecule has 3 nitrogen and oxygen atoms in total. The number of aliphatic hydroxyl groups excluding tert-OH is 1. The van der Waals surface area contributed by atoms with Gasteiger partial charge in [0.25, 0.3) is 0 Å². The van der Waals surface area contributed by atoms with Crippen molar-refractivity contribution in [2.24, 2.45) is 0 Å². The first kappa shape index (κ1) is 13.6. The van der Waals surface area contributed by atoms with Crippen LogP contribution in [0.3, 0.4) is 0 Å². The van der Waals surface area contributed by atoms with Crippen molar-refractivity contribution in [1.29, 1.82) is 0 Å². The van der Waals surface area contributed by atoms with E-state index in [-0.39, 0.29) is 0 Å². The third kappa shape index (κ3) is 3.80. The van der Waals surface area contributed by atoms with Gasteiger partial charge in [-0.25, -0.2) is 0 Å². The first-order valence-corrected chi connectivity index (χ1v) is 6.48. The van der Waals surface area contributed by atoms with Crippen molar-refractivity contribution in [3.8, 4) is 5.75 Å². The Hall–Kier alpha value is -1.87. The van der Waals surface area contributed by atoms with E-state index in [9.17, 15) is 5.11 Å². The monoisotopic (exact) mass is 257 g/mol. The first-order chi connectivity index (χ1) is 9.16. The zero-order chi connectivity index (χ0) is 13.7. The van der Waals surface area contributed by atoms with Gasteiger partial charge >= 0.3 is 0 Å². The summed E-state index contributed by atoms with van der Waals surface area (Å²) in [6, 6.07) is 11.7. The van der Waals surface area contributed by atoms with Gasteiger partial charge in [-0.05, 0) is 38.1 Å². The van der Waals surface area contributed by atoms with E-state index in [1.165, 1.54) is 0 Å². The van der Waals surface area contributed by atoms with E-state index >= 15 is 0 Å². The number of hydrogen-bond acceptors (Lipinski definition) is 3. The topological polar surface area (TPSA) is 42.4 Å². The van der Waals surface area contributed by atoms with E-state index in [2.05, 4.69) is 4.98 Å². The van der Waals surface area contributed by atoms with E-state index in [1.54, 1.807) is 13.1 Å². The van der Waals surface area contributed by atoms with Crippen LogP contribution in [0.1, 0.15) is 29.8 Å². The molecule has 0 aliphatic rings. The molecule has 0 amide bonds. The second-order valence-corrected chi connectivity index (χ2v) is 4.64. The Balaban J connectivity index is 2.00. The highest BCUT2D eigenvalue weighted by molar-refractivity contribution is 5.38. The van der Waals surface area contributed by atoms with Crippen LogP contribution in [0, 0.1) is 6.92 Å². The van der Waals surface area contributed by atoms with Gasteiger partial charge in [-0.1, -0.05) is 17.7 Å². The minimum absolute atomic E-state index is 0.523. The van der Waals surface area contributed by atoms with Gasteiger partial charge in [-0.15, -0.1) is 0 Å². The third-order valence-corrected chi connectivity index (χ3v) is 2.96.